The first-order chi connectivity index (χ1) is 5.25. The van der Waals surface area contributed by atoms with Crippen LogP contribution in [-0.2, 0) is 9.53 Å². The topological polar surface area (TPSA) is 38.7 Å². The van der Waals surface area contributed by atoms with E-state index in [1.54, 1.807) is 0 Å². The summed E-state index contributed by atoms with van der Waals surface area (Å²) >= 11 is 0. The van der Waals surface area contributed by atoms with Gasteiger partial charge in [0.1, 0.15) is 0 Å². The first-order valence-corrected chi connectivity index (χ1v) is 3.81. The van der Waals surface area contributed by atoms with Crippen LogP contribution >= 0.6 is 12.4 Å². The molecule has 0 atom stereocenters. The van der Waals surface area contributed by atoms with E-state index in [1.165, 1.54) is 7.11 Å². The normalized spacial score (nSPS) is 19.4. The van der Waals surface area contributed by atoms with Crippen LogP contribution < -0.4 is 0 Å². The Hall–Kier alpha value is -0.570. The van der Waals surface area contributed by atoms with E-state index in [-0.39, 0.29) is 18.4 Å². The molecular weight excluding hydrogens is 178 g/mol. The van der Waals surface area contributed by atoms with Crippen LogP contribution in [-0.4, -0.2) is 25.3 Å². The molecule has 1 saturated carbocycles. The highest BCUT2D eigenvalue weighted by molar-refractivity contribution is 5.85. The van der Waals surface area contributed by atoms with Crippen molar-refractivity contribution in [3.05, 3.63) is 0 Å². The SMILES string of the molecule is C=NC1(C(=O)OC)CCCC1.Cl. The third-order valence-corrected chi connectivity index (χ3v) is 2.30. The maximum atomic E-state index is 11.2. The first kappa shape index (κ1) is 11.4. The number of esters is 1. The Labute approximate surface area is 78.6 Å². The fourth-order valence-electron chi connectivity index (χ4n) is 1.58. The highest BCUT2D eigenvalue weighted by Gasteiger charge is 2.40. The number of hydrogen-bond donors (Lipinski definition) is 0. The molecule has 0 aliphatic heterocycles. The van der Waals surface area contributed by atoms with E-state index in [4.69, 9.17) is 0 Å². The second kappa shape index (κ2) is 4.45. The Morgan fingerprint density at radius 3 is 2.33 bits per heavy atom. The summed E-state index contributed by atoms with van der Waals surface area (Å²) in [5, 5.41) is 0. The summed E-state index contributed by atoms with van der Waals surface area (Å²) in [4.78, 5) is 15.1. The quantitative estimate of drug-likeness (QED) is 0.491. The summed E-state index contributed by atoms with van der Waals surface area (Å²) in [7, 11) is 1.40. The van der Waals surface area contributed by atoms with Gasteiger partial charge in [0.2, 0.25) is 0 Å². The molecule has 0 saturated heterocycles. The predicted molar refractivity (Wildman–Crippen MR) is 50.0 cm³/mol. The van der Waals surface area contributed by atoms with Crippen LogP contribution in [0.25, 0.3) is 0 Å². The van der Waals surface area contributed by atoms with Crippen molar-refractivity contribution < 1.29 is 9.53 Å². The van der Waals surface area contributed by atoms with E-state index in [0.717, 1.165) is 25.7 Å². The minimum atomic E-state index is -0.602. The smallest absolute Gasteiger partial charge is 0.333 e. The first-order valence-electron chi connectivity index (χ1n) is 3.81. The molecule has 70 valence electrons. The van der Waals surface area contributed by atoms with Gasteiger partial charge in [-0.05, 0) is 19.6 Å². The van der Waals surface area contributed by atoms with E-state index in [2.05, 4.69) is 16.4 Å². The number of ether oxygens (including phenoxy) is 1. The molecule has 1 aliphatic carbocycles. The molecule has 1 fully saturated rings. The van der Waals surface area contributed by atoms with E-state index in [1.807, 2.05) is 0 Å². The van der Waals surface area contributed by atoms with Gasteiger partial charge >= 0.3 is 5.97 Å². The highest BCUT2D eigenvalue weighted by atomic mass is 35.5. The molecule has 0 aromatic heterocycles. The van der Waals surface area contributed by atoms with Crippen molar-refractivity contribution in [3.8, 4) is 0 Å². The van der Waals surface area contributed by atoms with E-state index in [0.29, 0.717) is 0 Å². The molecule has 0 aromatic carbocycles. The molecule has 1 rings (SSSR count). The molecule has 0 radical (unpaired) electrons. The van der Waals surface area contributed by atoms with Gasteiger partial charge in [-0.25, -0.2) is 4.79 Å². The number of aliphatic imine (C=N–C) groups is 1. The Balaban J connectivity index is 0.00000121. The lowest BCUT2D eigenvalue weighted by Gasteiger charge is -2.19. The van der Waals surface area contributed by atoms with Crippen LogP contribution in [0, 0.1) is 0 Å². The van der Waals surface area contributed by atoms with Crippen molar-refractivity contribution in [3.63, 3.8) is 0 Å². The Bertz CT molecular complexity index is 176. The van der Waals surface area contributed by atoms with Gasteiger partial charge in [0.05, 0.1) is 7.11 Å². The second-order valence-corrected chi connectivity index (χ2v) is 2.89. The summed E-state index contributed by atoms with van der Waals surface area (Å²) in [5.74, 6) is -0.231. The number of methoxy groups -OCH3 is 1. The molecule has 4 heteroatoms. The molecule has 0 bridgehead atoms. The van der Waals surface area contributed by atoms with Gasteiger partial charge in [0.15, 0.2) is 5.54 Å². The lowest BCUT2D eigenvalue weighted by molar-refractivity contribution is -0.146. The molecule has 12 heavy (non-hydrogen) atoms. The molecule has 0 spiro atoms. The van der Waals surface area contributed by atoms with Crippen molar-refractivity contribution in [1.82, 2.24) is 0 Å². The Morgan fingerprint density at radius 2 is 2.00 bits per heavy atom. The largest absolute Gasteiger partial charge is 0.467 e. The number of carbonyl (C=O) groups is 1. The number of rotatable bonds is 2. The van der Waals surface area contributed by atoms with Crippen molar-refractivity contribution in [1.29, 1.82) is 0 Å². The van der Waals surface area contributed by atoms with Crippen molar-refractivity contribution >= 4 is 25.1 Å². The lowest BCUT2D eigenvalue weighted by atomic mass is 9.99. The van der Waals surface area contributed by atoms with Gasteiger partial charge in [-0.3, -0.25) is 4.99 Å². The van der Waals surface area contributed by atoms with Crippen LogP contribution in [0.15, 0.2) is 4.99 Å². The molecule has 1 aliphatic rings. The summed E-state index contributed by atoms with van der Waals surface area (Å²) in [6.45, 7) is 3.43. The number of halogens is 1. The monoisotopic (exact) mass is 191 g/mol. The zero-order chi connectivity index (χ0) is 8.32. The van der Waals surface area contributed by atoms with Crippen LogP contribution in [0.3, 0.4) is 0 Å². The third-order valence-electron chi connectivity index (χ3n) is 2.30. The Morgan fingerprint density at radius 1 is 1.50 bits per heavy atom. The minimum absolute atomic E-state index is 0. The van der Waals surface area contributed by atoms with E-state index < -0.39 is 5.54 Å². The second-order valence-electron chi connectivity index (χ2n) is 2.89. The Kier molecular flexibility index (Phi) is 4.24. The van der Waals surface area contributed by atoms with Crippen molar-refractivity contribution in [2.75, 3.05) is 7.11 Å². The predicted octanol–water partition coefficient (Wildman–Crippen LogP) is 1.59. The van der Waals surface area contributed by atoms with Crippen molar-refractivity contribution in [2.24, 2.45) is 4.99 Å². The molecule has 0 heterocycles. The van der Waals surface area contributed by atoms with E-state index in [9.17, 15) is 4.79 Å². The van der Waals surface area contributed by atoms with Gasteiger partial charge in [-0.2, -0.15) is 0 Å². The van der Waals surface area contributed by atoms with Crippen LogP contribution in [0.2, 0.25) is 0 Å². The van der Waals surface area contributed by atoms with Crippen molar-refractivity contribution in [2.45, 2.75) is 31.2 Å². The fraction of sp³-hybridized carbons (Fsp3) is 0.750. The average molecular weight is 192 g/mol. The third kappa shape index (κ3) is 1.78. The molecular formula is C8H14ClNO2. The molecule has 0 unspecified atom stereocenters. The summed E-state index contributed by atoms with van der Waals surface area (Å²) in [6.07, 6.45) is 3.69. The van der Waals surface area contributed by atoms with Gasteiger partial charge in [0.25, 0.3) is 0 Å². The minimum Gasteiger partial charge on any atom is -0.467 e. The molecule has 0 amide bonds. The lowest BCUT2D eigenvalue weighted by Crippen LogP contribution is -2.34. The number of hydrogen-bond acceptors (Lipinski definition) is 3. The van der Waals surface area contributed by atoms with E-state index >= 15 is 0 Å². The standard InChI is InChI=1S/C8H13NO2.ClH/c1-9-8(7(10)11-2)5-3-4-6-8;/h1,3-6H2,2H3;1H. The summed E-state index contributed by atoms with van der Waals surface area (Å²) in [5.41, 5.74) is -0.602. The number of carbonyl (C=O) groups excluding carboxylic acids is 1. The number of nitrogens with zero attached hydrogens (tertiary/aromatic N) is 1. The van der Waals surface area contributed by atoms with Crippen LogP contribution in [0.4, 0.5) is 0 Å². The fourth-order valence-corrected chi connectivity index (χ4v) is 1.58. The van der Waals surface area contributed by atoms with Crippen LogP contribution in [0.1, 0.15) is 25.7 Å². The van der Waals surface area contributed by atoms with Gasteiger partial charge < -0.3 is 4.74 Å². The van der Waals surface area contributed by atoms with Gasteiger partial charge in [-0.1, -0.05) is 12.8 Å². The molecule has 0 aromatic rings. The average Bonchev–Trinajstić information content (AvgIpc) is 2.52. The summed E-state index contributed by atoms with van der Waals surface area (Å²) < 4.78 is 4.66. The van der Waals surface area contributed by atoms with Crippen LogP contribution in [0.5, 0.6) is 0 Å². The van der Waals surface area contributed by atoms with Gasteiger partial charge in [-0.15, -0.1) is 12.4 Å². The highest BCUT2D eigenvalue weighted by Crippen LogP contribution is 2.33. The molecule has 3 nitrogen and oxygen atoms in total. The zero-order valence-corrected chi connectivity index (χ0v) is 8.02. The summed E-state index contributed by atoms with van der Waals surface area (Å²) in [6, 6.07) is 0. The van der Waals surface area contributed by atoms with Gasteiger partial charge in [0, 0.05) is 0 Å². The zero-order valence-electron chi connectivity index (χ0n) is 7.21. The maximum Gasteiger partial charge on any atom is 0.333 e. The molecule has 0 N–H and O–H groups in total. The maximum absolute atomic E-state index is 11.2.